The van der Waals surface area contributed by atoms with Crippen molar-refractivity contribution in [1.82, 2.24) is 9.88 Å². The first-order chi connectivity index (χ1) is 11.9. The smallest absolute Gasteiger partial charge is 0.328 e. The summed E-state index contributed by atoms with van der Waals surface area (Å²) in [7, 11) is 0. The highest BCUT2D eigenvalue weighted by molar-refractivity contribution is 5.94. The van der Waals surface area contributed by atoms with Crippen molar-refractivity contribution in [2.75, 3.05) is 6.61 Å². The lowest BCUT2D eigenvalue weighted by molar-refractivity contribution is -0.146. The number of rotatable bonds is 6. The Morgan fingerprint density at radius 3 is 2.56 bits per heavy atom. The van der Waals surface area contributed by atoms with E-state index in [9.17, 15) is 9.59 Å². The number of hydrogen-bond acceptors (Lipinski definition) is 3. The summed E-state index contributed by atoms with van der Waals surface area (Å²) in [6, 6.07) is 11.4. The van der Waals surface area contributed by atoms with Crippen molar-refractivity contribution in [3.05, 3.63) is 59.4 Å². The SMILES string of the molecule is CCOC(=O)C(C)NC(=O)C=Cc1cc(C)n(-c2ccccc2)c1C. The van der Waals surface area contributed by atoms with E-state index in [1.807, 2.05) is 50.2 Å². The van der Waals surface area contributed by atoms with Crippen molar-refractivity contribution in [2.24, 2.45) is 0 Å². The van der Waals surface area contributed by atoms with Gasteiger partial charge in [-0.2, -0.15) is 0 Å². The summed E-state index contributed by atoms with van der Waals surface area (Å²) in [6.45, 7) is 7.67. The van der Waals surface area contributed by atoms with Crippen LogP contribution in [0.3, 0.4) is 0 Å². The maximum Gasteiger partial charge on any atom is 0.328 e. The number of aromatic nitrogens is 1. The number of benzene rings is 1. The first kappa shape index (κ1) is 18.5. The van der Waals surface area contributed by atoms with Crippen LogP contribution in [0.15, 0.2) is 42.5 Å². The van der Waals surface area contributed by atoms with E-state index in [-0.39, 0.29) is 5.91 Å². The predicted molar refractivity (Wildman–Crippen MR) is 98.5 cm³/mol. The molecule has 0 fully saturated rings. The molecule has 1 unspecified atom stereocenters. The lowest BCUT2D eigenvalue weighted by Gasteiger charge is -2.10. The molecule has 0 aliphatic heterocycles. The maximum absolute atomic E-state index is 12.0. The maximum atomic E-state index is 12.0. The topological polar surface area (TPSA) is 60.3 Å². The molecule has 0 saturated carbocycles. The lowest BCUT2D eigenvalue weighted by atomic mass is 10.2. The van der Waals surface area contributed by atoms with Crippen LogP contribution in [-0.2, 0) is 14.3 Å². The Labute approximate surface area is 148 Å². The summed E-state index contributed by atoms with van der Waals surface area (Å²) in [5, 5.41) is 2.60. The van der Waals surface area contributed by atoms with E-state index < -0.39 is 12.0 Å². The molecule has 5 nitrogen and oxygen atoms in total. The summed E-state index contributed by atoms with van der Waals surface area (Å²) in [5.41, 5.74) is 4.17. The van der Waals surface area contributed by atoms with Crippen molar-refractivity contribution in [2.45, 2.75) is 33.7 Å². The number of carbonyl (C=O) groups excluding carboxylic acids is 2. The zero-order chi connectivity index (χ0) is 18.4. The molecule has 1 aromatic heterocycles. The molecule has 0 radical (unpaired) electrons. The zero-order valence-electron chi connectivity index (χ0n) is 15.1. The van der Waals surface area contributed by atoms with Crippen LogP contribution in [0.5, 0.6) is 0 Å². The Morgan fingerprint density at radius 2 is 1.92 bits per heavy atom. The third-order valence-corrected chi connectivity index (χ3v) is 3.90. The second-order valence-electron chi connectivity index (χ2n) is 5.81. The highest BCUT2D eigenvalue weighted by atomic mass is 16.5. The molecule has 132 valence electrons. The van der Waals surface area contributed by atoms with Gasteiger partial charge in [-0.05, 0) is 57.5 Å². The van der Waals surface area contributed by atoms with Crippen LogP contribution in [-0.4, -0.2) is 29.1 Å². The van der Waals surface area contributed by atoms with Gasteiger partial charge in [-0.3, -0.25) is 4.79 Å². The van der Waals surface area contributed by atoms with Gasteiger partial charge in [-0.1, -0.05) is 18.2 Å². The minimum atomic E-state index is -0.672. The largest absolute Gasteiger partial charge is 0.464 e. The molecular weight excluding hydrogens is 316 g/mol. The van der Waals surface area contributed by atoms with Gasteiger partial charge < -0.3 is 14.6 Å². The third-order valence-electron chi connectivity index (χ3n) is 3.90. The van der Waals surface area contributed by atoms with Crippen LogP contribution >= 0.6 is 0 Å². The number of para-hydroxylation sites is 1. The average Bonchev–Trinajstić information content (AvgIpc) is 2.87. The molecule has 0 spiro atoms. The first-order valence-electron chi connectivity index (χ1n) is 8.33. The molecule has 0 saturated heterocycles. The minimum absolute atomic E-state index is 0.292. The normalized spacial score (nSPS) is 12.2. The van der Waals surface area contributed by atoms with Gasteiger partial charge in [-0.15, -0.1) is 0 Å². The molecule has 1 aromatic carbocycles. The van der Waals surface area contributed by atoms with Gasteiger partial charge in [0.25, 0.3) is 0 Å². The zero-order valence-corrected chi connectivity index (χ0v) is 15.1. The Morgan fingerprint density at radius 1 is 1.24 bits per heavy atom. The van der Waals surface area contributed by atoms with Crippen LogP contribution in [0.25, 0.3) is 11.8 Å². The Bertz CT molecular complexity index is 776. The van der Waals surface area contributed by atoms with Gasteiger partial charge >= 0.3 is 5.97 Å². The van der Waals surface area contributed by atoms with Gasteiger partial charge in [0.2, 0.25) is 5.91 Å². The summed E-state index contributed by atoms with van der Waals surface area (Å²) >= 11 is 0. The highest BCUT2D eigenvalue weighted by Crippen LogP contribution is 2.21. The summed E-state index contributed by atoms with van der Waals surface area (Å²) < 4.78 is 7.01. The number of esters is 1. The van der Waals surface area contributed by atoms with Crippen LogP contribution in [0.1, 0.15) is 30.8 Å². The number of aryl methyl sites for hydroxylation is 1. The van der Waals surface area contributed by atoms with Gasteiger partial charge in [-0.25, -0.2) is 4.79 Å². The van der Waals surface area contributed by atoms with E-state index in [0.717, 1.165) is 22.6 Å². The van der Waals surface area contributed by atoms with Gasteiger partial charge in [0.15, 0.2) is 0 Å². The number of amides is 1. The van der Waals surface area contributed by atoms with Crippen LogP contribution < -0.4 is 5.32 Å². The summed E-state index contributed by atoms with van der Waals surface area (Å²) in [6.07, 6.45) is 3.20. The van der Waals surface area contributed by atoms with Crippen LogP contribution in [0, 0.1) is 13.8 Å². The molecule has 1 amide bonds. The number of ether oxygens (including phenoxy) is 1. The predicted octanol–water partition coefficient (Wildman–Crippen LogP) is 3.18. The Hall–Kier alpha value is -2.82. The molecular formula is C20H24N2O3. The second kappa shape index (κ2) is 8.33. The number of nitrogens with zero attached hydrogens (tertiary/aromatic N) is 1. The Balaban J connectivity index is 2.12. The van der Waals surface area contributed by atoms with E-state index >= 15 is 0 Å². The number of hydrogen-bond donors (Lipinski definition) is 1. The van der Waals surface area contributed by atoms with Gasteiger partial charge in [0.1, 0.15) is 6.04 Å². The van der Waals surface area contributed by atoms with E-state index in [4.69, 9.17) is 4.74 Å². The van der Waals surface area contributed by atoms with Gasteiger partial charge in [0.05, 0.1) is 6.61 Å². The highest BCUT2D eigenvalue weighted by Gasteiger charge is 2.15. The molecule has 0 bridgehead atoms. The van der Waals surface area contributed by atoms with Crippen molar-refractivity contribution in [3.63, 3.8) is 0 Å². The molecule has 2 rings (SSSR count). The van der Waals surface area contributed by atoms with Crippen molar-refractivity contribution in [3.8, 4) is 5.69 Å². The van der Waals surface area contributed by atoms with Crippen molar-refractivity contribution >= 4 is 18.0 Å². The van der Waals surface area contributed by atoms with E-state index in [1.54, 1.807) is 19.9 Å². The molecule has 1 atom stereocenters. The van der Waals surface area contributed by atoms with E-state index in [0.29, 0.717) is 6.61 Å². The van der Waals surface area contributed by atoms with Gasteiger partial charge in [0, 0.05) is 23.2 Å². The van der Waals surface area contributed by atoms with E-state index in [2.05, 4.69) is 9.88 Å². The lowest BCUT2D eigenvalue weighted by Crippen LogP contribution is -2.38. The Kier molecular flexibility index (Phi) is 6.17. The minimum Gasteiger partial charge on any atom is -0.464 e. The number of nitrogens with one attached hydrogen (secondary N) is 1. The molecule has 2 aromatic rings. The fraction of sp³-hybridized carbons (Fsp3) is 0.300. The second-order valence-corrected chi connectivity index (χ2v) is 5.81. The molecule has 25 heavy (non-hydrogen) atoms. The quantitative estimate of drug-likeness (QED) is 0.649. The molecule has 0 aliphatic rings. The number of carbonyl (C=O) groups is 2. The van der Waals surface area contributed by atoms with Crippen molar-refractivity contribution in [1.29, 1.82) is 0 Å². The van der Waals surface area contributed by atoms with E-state index in [1.165, 1.54) is 6.08 Å². The molecule has 1 heterocycles. The fourth-order valence-corrected chi connectivity index (χ4v) is 2.68. The summed E-state index contributed by atoms with van der Waals surface area (Å²) in [5.74, 6) is -0.767. The average molecular weight is 340 g/mol. The van der Waals surface area contributed by atoms with Crippen LogP contribution in [0.4, 0.5) is 0 Å². The third kappa shape index (κ3) is 4.59. The van der Waals surface area contributed by atoms with Crippen LogP contribution in [0.2, 0.25) is 0 Å². The standard InChI is InChI=1S/C20H24N2O3/c1-5-25-20(24)15(3)21-19(23)12-11-17-13-14(2)22(16(17)4)18-9-7-6-8-10-18/h6-13,15H,5H2,1-4H3,(H,21,23). The monoisotopic (exact) mass is 340 g/mol. The van der Waals surface area contributed by atoms with Crippen molar-refractivity contribution < 1.29 is 14.3 Å². The summed E-state index contributed by atoms with van der Waals surface area (Å²) in [4.78, 5) is 23.5. The molecule has 1 N–H and O–H groups in total. The molecule has 0 aliphatic carbocycles. The first-order valence-corrected chi connectivity index (χ1v) is 8.33. The molecule has 5 heteroatoms. The fourth-order valence-electron chi connectivity index (χ4n) is 2.68.